The number of carbonyl (C=O) groups is 1. The Morgan fingerprint density at radius 2 is 2.16 bits per heavy atom. The van der Waals surface area contributed by atoms with E-state index in [1.165, 1.54) is 18.2 Å². The van der Waals surface area contributed by atoms with Crippen LogP contribution in [-0.2, 0) is 10.0 Å². The summed E-state index contributed by atoms with van der Waals surface area (Å²) in [5, 5.41) is 5.04. The van der Waals surface area contributed by atoms with E-state index in [1.807, 2.05) is 0 Å². The molecule has 5 nitrogen and oxygen atoms in total. The van der Waals surface area contributed by atoms with Gasteiger partial charge in [0.05, 0.1) is 4.90 Å². The molecule has 0 aliphatic rings. The van der Waals surface area contributed by atoms with E-state index >= 15 is 0 Å². The van der Waals surface area contributed by atoms with E-state index in [1.54, 1.807) is 24.1 Å². The number of benzene rings is 1. The van der Waals surface area contributed by atoms with Crippen LogP contribution < -0.4 is 5.14 Å². The molecule has 104 valence electrons. The van der Waals surface area contributed by atoms with Crippen LogP contribution >= 0.6 is 0 Å². The quantitative estimate of drug-likeness (QED) is 0.632. The van der Waals surface area contributed by atoms with Crippen LogP contribution in [0.5, 0.6) is 0 Å². The summed E-state index contributed by atoms with van der Waals surface area (Å²) in [7, 11) is -2.11. The van der Waals surface area contributed by atoms with Gasteiger partial charge in [0.1, 0.15) is 0 Å². The lowest BCUT2D eigenvalue weighted by atomic mass is 10.2. The van der Waals surface area contributed by atoms with Crippen molar-refractivity contribution in [1.29, 1.82) is 0 Å². The summed E-state index contributed by atoms with van der Waals surface area (Å²) >= 11 is 0. The van der Waals surface area contributed by atoms with E-state index in [0.717, 1.165) is 12.8 Å². The zero-order chi connectivity index (χ0) is 14.5. The number of nitrogens with zero attached hydrogens (tertiary/aromatic N) is 1. The molecule has 0 saturated carbocycles. The predicted molar refractivity (Wildman–Crippen MR) is 74.2 cm³/mol. The zero-order valence-electron chi connectivity index (χ0n) is 10.9. The largest absolute Gasteiger partial charge is 0.342 e. The molecule has 2 N–H and O–H groups in total. The van der Waals surface area contributed by atoms with Crippen molar-refractivity contribution in [2.45, 2.75) is 17.7 Å². The molecule has 0 unspecified atom stereocenters. The van der Waals surface area contributed by atoms with Gasteiger partial charge in [-0.15, -0.1) is 6.58 Å². The number of primary sulfonamides is 1. The van der Waals surface area contributed by atoms with Gasteiger partial charge >= 0.3 is 0 Å². The molecule has 1 rings (SSSR count). The van der Waals surface area contributed by atoms with Crippen LogP contribution in [0.3, 0.4) is 0 Å². The average molecular weight is 282 g/mol. The summed E-state index contributed by atoms with van der Waals surface area (Å²) in [5.41, 5.74) is 0.313. The Bertz CT molecular complexity index is 567. The summed E-state index contributed by atoms with van der Waals surface area (Å²) in [5.74, 6) is -0.227. The molecule has 1 amide bonds. The van der Waals surface area contributed by atoms with Crippen LogP contribution in [0.25, 0.3) is 0 Å². The molecule has 0 saturated heterocycles. The molecule has 0 radical (unpaired) electrons. The molecular formula is C13H18N2O3S. The van der Waals surface area contributed by atoms with Gasteiger partial charge in [0, 0.05) is 19.2 Å². The topological polar surface area (TPSA) is 80.5 Å². The highest BCUT2D eigenvalue weighted by molar-refractivity contribution is 7.89. The summed E-state index contributed by atoms with van der Waals surface area (Å²) in [6.07, 6.45) is 3.44. The van der Waals surface area contributed by atoms with E-state index in [0.29, 0.717) is 12.1 Å². The van der Waals surface area contributed by atoms with Gasteiger partial charge < -0.3 is 4.90 Å². The van der Waals surface area contributed by atoms with E-state index in [-0.39, 0.29) is 10.8 Å². The zero-order valence-corrected chi connectivity index (χ0v) is 11.7. The number of unbranched alkanes of at least 4 members (excludes halogenated alkanes) is 1. The number of amides is 1. The van der Waals surface area contributed by atoms with Gasteiger partial charge in [0.2, 0.25) is 10.0 Å². The van der Waals surface area contributed by atoms with Crippen molar-refractivity contribution in [1.82, 2.24) is 4.90 Å². The molecule has 0 spiro atoms. The number of sulfonamides is 1. The number of nitrogens with two attached hydrogens (primary N) is 1. The van der Waals surface area contributed by atoms with Crippen LogP contribution in [0.15, 0.2) is 41.8 Å². The van der Waals surface area contributed by atoms with Crippen molar-refractivity contribution in [3.63, 3.8) is 0 Å². The molecular weight excluding hydrogens is 264 g/mol. The summed E-state index contributed by atoms with van der Waals surface area (Å²) in [4.78, 5) is 13.6. The standard InChI is InChI=1S/C13H18N2O3S/c1-3-4-5-9-15(2)13(16)11-7-6-8-12(10-11)19(14,17)18/h3,6-8,10H,1,4-5,9H2,2H3,(H2,14,17,18). The van der Waals surface area contributed by atoms with Crippen molar-refractivity contribution in [2.75, 3.05) is 13.6 Å². The highest BCUT2D eigenvalue weighted by atomic mass is 32.2. The highest BCUT2D eigenvalue weighted by Crippen LogP contribution is 2.11. The minimum Gasteiger partial charge on any atom is -0.342 e. The van der Waals surface area contributed by atoms with Crippen LogP contribution in [0.2, 0.25) is 0 Å². The number of carbonyl (C=O) groups excluding carboxylic acids is 1. The van der Waals surface area contributed by atoms with Gasteiger partial charge in [-0.2, -0.15) is 0 Å². The minimum atomic E-state index is -3.79. The molecule has 19 heavy (non-hydrogen) atoms. The molecule has 0 aromatic heterocycles. The van der Waals surface area contributed by atoms with E-state index < -0.39 is 10.0 Å². The predicted octanol–water partition coefficient (Wildman–Crippen LogP) is 1.37. The van der Waals surface area contributed by atoms with Crippen LogP contribution in [0, 0.1) is 0 Å². The second kappa shape index (κ2) is 6.49. The molecule has 0 aliphatic heterocycles. The van der Waals surface area contributed by atoms with Crippen molar-refractivity contribution in [2.24, 2.45) is 5.14 Å². The number of allylic oxidation sites excluding steroid dienone is 1. The molecule has 1 aromatic rings. The second-order valence-electron chi connectivity index (χ2n) is 4.23. The fraction of sp³-hybridized carbons (Fsp3) is 0.308. The highest BCUT2D eigenvalue weighted by Gasteiger charge is 2.14. The number of rotatable bonds is 6. The Morgan fingerprint density at radius 3 is 2.74 bits per heavy atom. The summed E-state index contributed by atoms with van der Waals surface area (Å²) in [6.45, 7) is 4.20. The first-order valence-electron chi connectivity index (χ1n) is 5.85. The Kier molecular flexibility index (Phi) is 5.26. The Hall–Kier alpha value is -1.66. The van der Waals surface area contributed by atoms with Gasteiger partial charge in [0.15, 0.2) is 0 Å². The fourth-order valence-electron chi connectivity index (χ4n) is 1.60. The third kappa shape index (κ3) is 4.50. The Morgan fingerprint density at radius 1 is 1.47 bits per heavy atom. The lowest BCUT2D eigenvalue weighted by Gasteiger charge is -2.17. The maximum absolute atomic E-state index is 12.1. The van der Waals surface area contributed by atoms with Crippen LogP contribution in [0.4, 0.5) is 0 Å². The fourth-order valence-corrected chi connectivity index (χ4v) is 2.16. The maximum atomic E-state index is 12.1. The summed E-state index contributed by atoms with van der Waals surface area (Å²) in [6, 6.07) is 5.73. The van der Waals surface area contributed by atoms with Crippen molar-refractivity contribution in [3.05, 3.63) is 42.5 Å². The molecule has 0 atom stereocenters. The molecule has 1 aromatic carbocycles. The van der Waals surface area contributed by atoms with Crippen molar-refractivity contribution >= 4 is 15.9 Å². The Balaban J connectivity index is 2.85. The lowest BCUT2D eigenvalue weighted by Crippen LogP contribution is -2.28. The van der Waals surface area contributed by atoms with Crippen molar-refractivity contribution < 1.29 is 13.2 Å². The van der Waals surface area contributed by atoms with Crippen molar-refractivity contribution in [3.8, 4) is 0 Å². The maximum Gasteiger partial charge on any atom is 0.253 e. The van der Waals surface area contributed by atoms with E-state index in [9.17, 15) is 13.2 Å². The lowest BCUT2D eigenvalue weighted by molar-refractivity contribution is 0.0793. The normalized spacial score (nSPS) is 11.1. The van der Waals surface area contributed by atoms with Crippen LogP contribution in [-0.4, -0.2) is 32.8 Å². The molecule has 6 heteroatoms. The number of hydrogen-bond donors (Lipinski definition) is 1. The minimum absolute atomic E-state index is 0.0576. The molecule has 0 aliphatic carbocycles. The van der Waals surface area contributed by atoms with Crippen LogP contribution in [0.1, 0.15) is 23.2 Å². The van der Waals surface area contributed by atoms with Gasteiger partial charge in [-0.05, 0) is 31.0 Å². The Labute approximate surface area is 113 Å². The molecule has 0 fully saturated rings. The van der Waals surface area contributed by atoms with E-state index in [2.05, 4.69) is 6.58 Å². The third-order valence-corrected chi connectivity index (χ3v) is 3.57. The van der Waals surface area contributed by atoms with E-state index in [4.69, 9.17) is 5.14 Å². The average Bonchev–Trinajstić information content (AvgIpc) is 2.37. The van der Waals surface area contributed by atoms with Gasteiger partial charge in [0.25, 0.3) is 5.91 Å². The smallest absolute Gasteiger partial charge is 0.253 e. The molecule has 0 heterocycles. The molecule has 0 bridgehead atoms. The number of hydrogen-bond acceptors (Lipinski definition) is 3. The van der Waals surface area contributed by atoms with Gasteiger partial charge in [-0.25, -0.2) is 13.6 Å². The summed E-state index contributed by atoms with van der Waals surface area (Å²) < 4.78 is 22.5. The third-order valence-electron chi connectivity index (χ3n) is 2.66. The van der Waals surface area contributed by atoms with Gasteiger partial charge in [-0.1, -0.05) is 12.1 Å². The first kappa shape index (κ1) is 15.4. The van der Waals surface area contributed by atoms with Gasteiger partial charge in [-0.3, -0.25) is 4.79 Å². The first-order chi connectivity index (χ1) is 8.86. The first-order valence-corrected chi connectivity index (χ1v) is 7.40. The monoisotopic (exact) mass is 282 g/mol. The SMILES string of the molecule is C=CCCCN(C)C(=O)c1cccc(S(N)(=O)=O)c1. The second-order valence-corrected chi connectivity index (χ2v) is 5.79.